The summed E-state index contributed by atoms with van der Waals surface area (Å²) < 4.78 is 0. The third kappa shape index (κ3) is 4.52. The first-order valence-corrected chi connectivity index (χ1v) is 6.55. The van der Waals surface area contributed by atoms with Crippen LogP contribution in [0.3, 0.4) is 0 Å². The molecule has 0 heterocycles. The van der Waals surface area contributed by atoms with Crippen molar-refractivity contribution in [1.82, 2.24) is 10.2 Å². The van der Waals surface area contributed by atoms with Gasteiger partial charge in [-0.25, -0.2) is 0 Å². The van der Waals surface area contributed by atoms with Gasteiger partial charge in [-0.15, -0.1) is 0 Å². The van der Waals surface area contributed by atoms with Gasteiger partial charge in [-0.3, -0.25) is 4.90 Å². The summed E-state index contributed by atoms with van der Waals surface area (Å²) in [4.78, 5) is 2.61. The molecule has 0 saturated heterocycles. The summed E-state index contributed by atoms with van der Waals surface area (Å²) in [5.74, 6) is 0. The highest BCUT2D eigenvalue weighted by atomic mass is 15.2. The van der Waals surface area contributed by atoms with E-state index in [0.717, 1.165) is 6.54 Å². The van der Waals surface area contributed by atoms with Crippen LogP contribution >= 0.6 is 0 Å². The third-order valence-electron chi connectivity index (χ3n) is 3.31. The van der Waals surface area contributed by atoms with Crippen LogP contribution in [0.25, 0.3) is 0 Å². The summed E-state index contributed by atoms with van der Waals surface area (Å²) in [7, 11) is 2.09. The SMILES string of the molecule is CCCC(NC)C(CC)N(CC)C(C)C. The Balaban J connectivity index is 4.52. The molecule has 1 N–H and O–H groups in total. The highest BCUT2D eigenvalue weighted by Gasteiger charge is 2.24. The minimum atomic E-state index is 0.641. The molecule has 0 fully saturated rings. The van der Waals surface area contributed by atoms with Gasteiger partial charge in [0.2, 0.25) is 0 Å². The van der Waals surface area contributed by atoms with Crippen LogP contribution in [0.4, 0.5) is 0 Å². The average molecular weight is 214 g/mol. The summed E-state index contributed by atoms with van der Waals surface area (Å²) in [5.41, 5.74) is 0. The van der Waals surface area contributed by atoms with Crippen LogP contribution in [0.2, 0.25) is 0 Å². The zero-order valence-corrected chi connectivity index (χ0v) is 11.5. The second kappa shape index (κ2) is 8.12. The minimum absolute atomic E-state index is 0.641. The predicted molar refractivity (Wildman–Crippen MR) is 69.4 cm³/mol. The van der Waals surface area contributed by atoms with Gasteiger partial charge in [-0.2, -0.15) is 0 Å². The topological polar surface area (TPSA) is 15.3 Å². The van der Waals surface area contributed by atoms with Crippen LogP contribution in [0.1, 0.15) is 53.9 Å². The molecule has 0 radical (unpaired) electrons. The Bertz CT molecular complexity index is 145. The van der Waals surface area contributed by atoms with E-state index in [0.29, 0.717) is 18.1 Å². The van der Waals surface area contributed by atoms with Gasteiger partial charge in [0.15, 0.2) is 0 Å². The molecular formula is C13H30N2. The first kappa shape index (κ1) is 14.9. The van der Waals surface area contributed by atoms with Gasteiger partial charge in [0, 0.05) is 18.1 Å². The highest BCUT2D eigenvalue weighted by Crippen LogP contribution is 2.15. The van der Waals surface area contributed by atoms with Gasteiger partial charge in [0.1, 0.15) is 0 Å². The fourth-order valence-electron chi connectivity index (χ4n) is 2.57. The lowest BCUT2D eigenvalue weighted by molar-refractivity contribution is 0.122. The van der Waals surface area contributed by atoms with Crippen LogP contribution in [0.15, 0.2) is 0 Å². The first-order chi connectivity index (χ1) is 7.12. The third-order valence-corrected chi connectivity index (χ3v) is 3.31. The summed E-state index contributed by atoms with van der Waals surface area (Å²) in [5, 5.41) is 3.48. The monoisotopic (exact) mass is 214 g/mol. The van der Waals surface area contributed by atoms with E-state index >= 15 is 0 Å². The van der Waals surface area contributed by atoms with E-state index < -0.39 is 0 Å². The van der Waals surface area contributed by atoms with E-state index in [9.17, 15) is 0 Å². The largest absolute Gasteiger partial charge is 0.315 e. The molecule has 92 valence electrons. The zero-order chi connectivity index (χ0) is 11.8. The molecule has 0 aliphatic rings. The molecule has 0 rings (SSSR count). The van der Waals surface area contributed by atoms with E-state index in [1.165, 1.54) is 19.3 Å². The fraction of sp³-hybridized carbons (Fsp3) is 1.00. The van der Waals surface area contributed by atoms with Gasteiger partial charge in [0.05, 0.1) is 0 Å². The van der Waals surface area contributed by atoms with Crippen molar-refractivity contribution in [3.05, 3.63) is 0 Å². The Morgan fingerprint density at radius 3 is 2.00 bits per heavy atom. The predicted octanol–water partition coefficient (Wildman–Crippen LogP) is 2.88. The Hall–Kier alpha value is -0.0800. The quantitative estimate of drug-likeness (QED) is 0.668. The van der Waals surface area contributed by atoms with Crippen LogP contribution in [0, 0.1) is 0 Å². The number of nitrogens with zero attached hydrogens (tertiary/aromatic N) is 1. The standard InChI is InChI=1S/C13H30N2/c1-7-10-12(14-6)13(8-2)15(9-3)11(4)5/h11-14H,7-10H2,1-6H3. The van der Waals surface area contributed by atoms with Crippen LogP contribution in [0.5, 0.6) is 0 Å². The van der Waals surface area contributed by atoms with Gasteiger partial charge >= 0.3 is 0 Å². The molecule has 2 nitrogen and oxygen atoms in total. The Morgan fingerprint density at radius 2 is 1.73 bits per heavy atom. The summed E-state index contributed by atoms with van der Waals surface area (Å²) in [6.45, 7) is 12.6. The van der Waals surface area contributed by atoms with Gasteiger partial charge in [0.25, 0.3) is 0 Å². The van der Waals surface area contributed by atoms with E-state index in [1.54, 1.807) is 0 Å². The summed E-state index contributed by atoms with van der Waals surface area (Å²) in [6, 6.07) is 1.97. The van der Waals surface area contributed by atoms with Gasteiger partial charge in [-0.05, 0) is 40.3 Å². The van der Waals surface area contributed by atoms with Crippen LogP contribution < -0.4 is 5.32 Å². The molecule has 0 aliphatic heterocycles. The van der Waals surface area contributed by atoms with Crippen molar-refractivity contribution in [3.8, 4) is 0 Å². The lowest BCUT2D eigenvalue weighted by Crippen LogP contribution is -2.51. The maximum atomic E-state index is 3.48. The molecule has 0 aliphatic carbocycles. The van der Waals surface area contributed by atoms with Crippen LogP contribution in [-0.2, 0) is 0 Å². The number of rotatable bonds is 8. The van der Waals surface area contributed by atoms with Crippen LogP contribution in [-0.4, -0.2) is 36.6 Å². The normalized spacial score (nSPS) is 16.0. The van der Waals surface area contributed by atoms with E-state index in [2.05, 4.69) is 51.9 Å². The van der Waals surface area contributed by atoms with Crippen molar-refractivity contribution in [2.75, 3.05) is 13.6 Å². The molecule has 2 heteroatoms. The second-order valence-electron chi connectivity index (χ2n) is 4.58. The number of likely N-dealkylation sites (N-methyl/N-ethyl adjacent to an activating group) is 2. The second-order valence-corrected chi connectivity index (χ2v) is 4.58. The molecule has 2 unspecified atom stereocenters. The van der Waals surface area contributed by atoms with Crippen molar-refractivity contribution >= 4 is 0 Å². The molecule has 0 aromatic rings. The molecule has 0 aromatic carbocycles. The number of hydrogen-bond acceptors (Lipinski definition) is 2. The molecule has 0 spiro atoms. The Kier molecular flexibility index (Phi) is 8.07. The van der Waals surface area contributed by atoms with E-state index in [4.69, 9.17) is 0 Å². The van der Waals surface area contributed by atoms with Gasteiger partial charge in [-0.1, -0.05) is 27.2 Å². The first-order valence-electron chi connectivity index (χ1n) is 6.55. The lowest BCUT2D eigenvalue weighted by atomic mass is 9.98. The van der Waals surface area contributed by atoms with Crippen molar-refractivity contribution in [1.29, 1.82) is 0 Å². The number of nitrogens with one attached hydrogen (secondary N) is 1. The fourth-order valence-corrected chi connectivity index (χ4v) is 2.57. The molecule has 0 amide bonds. The molecule has 0 saturated carbocycles. The Morgan fingerprint density at radius 1 is 1.13 bits per heavy atom. The zero-order valence-electron chi connectivity index (χ0n) is 11.5. The highest BCUT2D eigenvalue weighted by molar-refractivity contribution is 4.83. The van der Waals surface area contributed by atoms with Crippen molar-refractivity contribution in [2.24, 2.45) is 0 Å². The smallest absolute Gasteiger partial charge is 0.0249 e. The minimum Gasteiger partial charge on any atom is -0.315 e. The maximum Gasteiger partial charge on any atom is 0.0249 e. The van der Waals surface area contributed by atoms with E-state index in [1.807, 2.05) is 0 Å². The number of hydrogen-bond donors (Lipinski definition) is 1. The van der Waals surface area contributed by atoms with Crippen molar-refractivity contribution in [3.63, 3.8) is 0 Å². The molecule has 0 aromatic heterocycles. The molecule has 0 bridgehead atoms. The summed E-state index contributed by atoms with van der Waals surface area (Å²) in [6.07, 6.45) is 3.77. The van der Waals surface area contributed by atoms with Crippen molar-refractivity contribution < 1.29 is 0 Å². The van der Waals surface area contributed by atoms with Crippen molar-refractivity contribution in [2.45, 2.75) is 72.0 Å². The summed E-state index contributed by atoms with van der Waals surface area (Å²) >= 11 is 0. The average Bonchev–Trinajstić information content (AvgIpc) is 2.22. The maximum absolute atomic E-state index is 3.48. The lowest BCUT2D eigenvalue weighted by Gasteiger charge is -2.38. The van der Waals surface area contributed by atoms with Gasteiger partial charge < -0.3 is 5.32 Å². The van der Waals surface area contributed by atoms with E-state index in [-0.39, 0.29) is 0 Å². The molecule has 15 heavy (non-hydrogen) atoms. The Labute approximate surface area is 96.4 Å². The molecular weight excluding hydrogens is 184 g/mol. The molecule has 2 atom stereocenters.